The Kier molecular flexibility index (Phi) is 5.55. The van der Waals surface area contributed by atoms with Crippen LogP contribution in [0.25, 0.3) is 16.5 Å². The molecule has 3 aliphatic rings. The molecule has 4 heterocycles. The number of ether oxygens (including phenoxy) is 1. The van der Waals surface area contributed by atoms with E-state index < -0.39 is 0 Å². The van der Waals surface area contributed by atoms with Gasteiger partial charge in [0.1, 0.15) is 5.69 Å². The first-order chi connectivity index (χ1) is 16.6. The lowest BCUT2D eigenvalue weighted by Gasteiger charge is -2.30. The fraction of sp³-hybridized carbons (Fsp3) is 0.440. The predicted octanol–water partition coefficient (Wildman–Crippen LogP) is 2.40. The van der Waals surface area contributed by atoms with Crippen molar-refractivity contribution in [1.82, 2.24) is 24.3 Å². The number of nitrogens with one attached hydrogen (secondary N) is 1. The van der Waals surface area contributed by atoms with Crippen molar-refractivity contribution >= 4 is 28.1 Å². The van der Waals surface area contributed by atoms with Crippen LogP contribution in [0.5, 0.6) is 5.88 Å². The van der Waals surface area contributed by atoms with E-state index >= 15 is 0 Å². The van der Waals surface area contributed by atoms with Gasteiger partial charge >= 0.3 is 5.69 Å². The molecule has 9 heteroatoms. The van der Waals surface area contributed by atoms with Crippen LogP contribution in [0.15, 0.2) is 47.3 Å². The fourth-order valence-corrected chi connectivity index (χ4v) is 6.02. The quantitative estimate of drug-likeness (QED) is 0.430. The molecule has 0 radical (unpaired) electrons. The molecule has 2 fully saturated rings. The SMILES string of the molecule is O=c1n(-c2cccc3ccccc23)c(O)c2n1C1CC2N(C(=S)NCCCN2CCOCC2)C1. The van der Waals surface area contributed by atoms with Crippen molar-refractivity contribution in [3.8, 4) is 11.6 Å². The summed E-state index contributed by atoms with van der Waals surface area (Å²) in [4.78, 5) is 18.0. The Hall–Kier alpha value is -2.88. The van der Waals surface area contributed by atoms with Gasteiger partial charge in [-0.05, 0) is 43.1 Å². The summed E-state index contributed by atoms with van der Waals surface area (Å²) in [6, 6.07) is 13.7. The monoisotopic (exact) mass is 479 g/mol. The molecule has 3 aliphatic heterocycles. The second kappa shape index (κ2) is 8.72. The maximum absolute atomic E-state index is 13.4. The number of imidazole rings is 1. The van der Waals surface area contributed by atoms with E-state index in [0.29, 0.717) is 23.0 Å². The van der Waals surface area contributed by atoms with Crippen molar-refractivity contribution in [1.29, 1.82) is 0 Å². The number of hydrogen-bond acceptors (Lipinski definition) is 5. The van der Waals surface area contributed by atoms with Gasteiger partial charge in [0.2, 0.25) is 5.88 Å². The van der Waals surface area contributed by atoms with Crippen LogP contribution in [0.3, 0.4) is 0 Å². The minimum atomic E-state index is -0.180. The Bertz CT molecular complexity index is 1290. The zero-order valence-electron chi connectivity index (χ0n) is 19.0. The van der Waals surface area contributed by atoms with Crippen LogP contribution >= 0.6 is 12.2 Å². The molecule has 2 unspecified atom stereocenters. The van der Waals surface area contributed by atoms with Gasteiger partial charge in [0, 0.05) is 31.6 Å². The number of thiocarbonyl (C=S) groups is 1. The van der Waals surface area contributed by atoms with Crippen molar-refractivity contribution in [3.05, 3.63) is 58.6 Å². The Labute approximate surface area is 203 Å². The number of likely N-dealkylation sites (tertiary alicyclic amines) is 1. The minimum absolute atomic E-state index is 0.0164. The summed E-state index contributed by atoms with van der Waals surface area (Å²) in [5.41, 5.74) is 1.20. The van der Waals surface area contributed by atoms with Crippen molar-refractivity contribution < 1.29 is 9.84 Å². The summed E-state index contributed by atoms with van der Waals surface area (Å²) >= 11 is 5.72. The Morgan fingerprint density at radius 2 is 1.94 bits per heavy atom. The van der Waals surface area contributed by atoms with Gasteiger partial charge in [-0.3, -0.25) is 9.47 Å². The molecule has 34 heavy (non-hydrogen) atoms. The molecule has 0 spiro atoms. The number of aromatic hydroxyl groups is 1. The van der Waals surface area contributed by atoms with E-state index in [0.717, 1.165) is 63.0 Å². The van der Waals surface area contributed by atoms with Crippen LogP contribution in [-0.4, -0.2) is 75.1 Å². The number of nitrogens with zero attached hydrogens (tertiary/aromatic N) is 4. The van der Waals surface area contributed by atoms with E-state index in [1.165, 1.54) is 4.57 Å². The first kappa shape index (κ1) is 21.6. The molecule has 2 N–H and O–H groups in total. The van der Waals surface area contributed by atoms with E-state index in [4.69, 9.17) is 17.0 Å². The molecule has 8 nitrogen and oxygen atoms in total. The first-order valence-electron chi connectivity index (χ1n) is 12.0. The zero-order chi connectivity index (χ0) is 23.2. The summed E-state index contributed by atoms with van der Waals surface area (Å²) in [6.45, 7) is 6.12. The fourth-order valence-electron chi connectivity index (χ4n) is 5.72. The van der Waals surface area contributed by atoms with Gasteiger partial charge in [-0.25, -0.2) is 9.36 Å². The lowest BCUT2D eigenvalue weighted by molar-refractivity contribution is 0.0375. The highest BCUT2D eigenvalue weighted by molar-refractivity contribution is 7.80. The molecule has 2 aromatic carbocycles. The van der Waals surface area contributed by atoms with Crippen LogP contribution in [0.4, 0.5) is 0 Å². The summed E-state index contributed by atoms with van der Waals surface area (Å²) in [7, 11) is 0. The van der Waals surface area contributed by atoms with Crippen LogP contribution < -0.4 is 11.0 Å². The molecule has 3 aromatic rings. The smallest absolute Gasteiger partial charge is 0.336 e. The third-order valence-corrected chi connectivity index (χ3v) is 7.74. The van der Waals surface area contributed by atoms with Crippen LogP contribution in [0.1, 0.15) is 30.6 Å². The second-order valence-corrected chi connectivity index (χ2v) is 9.68. The number of hydrogen-bond donors (Lipinski definition) is 2. The van der Waals surface area contributed by atoms with Crippen molar-refractivity contribution in [2.45, 2.75) is 24.9 Å². The molecule has 0 aliphatic carbocycles. The van der Waals surface area contributed by atoms with Crippen molar-refractivity contribution in [2.75, 3.05) is 45.9 Å². The third kappa shape index (κ3) is 3.50. The molecule has 2 bridgehead atoms. The average molecular weight is 480 g/mol. The predicted molar refractivity (Wildman–Crippen MR) is 135 cm³/mol. The lowest BCUT2D eigenvalue weighted by Crippen LogP contribution is -2.44. The van der Waals surface area contributed by atoms with Crippen molar-refractivity contribution in [2.24, 2.45) is 0 Å². The van der Waals surface area contributed by atoms with E-state index in [2.05, 4.69) is 15.1 Å². The van der Waals surface area contributed by atoms with Gasteiger partial charge in [0.15, 0.2) is 5.11 Å². The Balaban J connectivity index is 1.21. The molecular weight excluding hydrogens is 450 g/mol. The van der Waals surface area contributed by atoms with Gasteiger partial charge < -0.3 is 20.1 Å². The van der Waals surface area contributed by atoms with Gasteiger partial charge in [-0.1, -0.05) is 36.4 Å². The van der Waals surface area contributed by atoms with E-state index in [-0.39, 0.29) is 23.7 Å². The molecule has 0 amide bonds. The topological polar surface area (TPSA) is 74.9 Å². The van der Waals surface area contributed by atoms with Gasteiger partial charge in [-0.15, -0.1) is 0 Å². The molecule has 6 rings (SSSR count). The third-order valence-electron chi connectivity index (χ3n) is 7.36. The summed E-state index contributed by atoms with van der Waals surface area (Å²) in [5, 5.41) is 17.3. The standard InChI is InChI=1S/C25H29N5O3S/c31-23-22-21-15-18(16-28(21)24(34)26-9-4-10-27-11-13-33-14-12-27)29(22)25(32)30(23)20-8-3-6-17-5-1-2-7-19(17)20/h1-3,5-8,18,21,31H,4,9-16H2,(H,26,34). The first-order valence-corrected chi connectivity index (χ1v) is 12.4. The zero-order valence-corrected chi connectivity index (χ0v) is 19.8. The maximum atomic E-state index is 13.4. The number of benzene rings is 2. The summed E-state index contributed by atoms with van der Waals surface area (Å²) < 4.78 is 8.64. The molecule has 2 atom stereocenters. The molecule has 2 saturated heterocycles. The molecule has 0 saturated carbocycles. The summed E-state index contributed by atoms with van der Waals surface area (Å²) in [6.07, 6.45) is 1.81. The van der Waals surface area contributed by atoms with Crippen LogP contribution in [-0.2, 0) is 4.74 Å². The molecule has 178 valence electrons. The number of aromatic nitrogens is 2. The number of rotatable bonds is 5. The highest BCUT2D eigenvalue weighted by atomic mass is 32.1. The summed E-state index contributed by atoms with van der Waals surface area (Å²) in [5.74, 6) is 0.0219. The molecular formula is C25H29N5O3S. The number of fused-ring (bicyclic) bond motifs is 6. The van der Waals surface area contributed by atoms with E-state index in [1.807, 2.05) is 42.5 Å². The normalized spacial score (nSPS) is 21.8. The van der Waals surface area contributed by atoms with E-state index in [1.54, 1.807) is 4.57 Å². The second-order valence-electron chi connectivity index (χ2n) is 9.29. The van der Waals surface area contributed by atoms with E-state index in [9.17, 15) is 9.90 Å². The highest BCUT2D eigenvalue weighted by Gasteiger charge is 2.48. The maximum Gasteiger partial charge on any atom is 0.336 e. The van der Waals surface area contributed by atoms with Gasteiger partial charge in [0.25, 0.3) is 0 Å². The average Bonchev–Trinajstić information content (AvgIpc) is 3.53. The van der Waals surface area contributed by atoms with Crippen LogP contribution in [0, 0.1) is 0 Å². The lowest BCUT2D eigenvalue weighted by atomic mass is 10.1. The number of morpholine rings is 1. The molecule has 1 aromatic heterocycles. The van der Waals surface area contributed by atoms with Gasteiger partial charge in [-0.2, -0.15) is 0 Å². The Morgan fingerprint density at radius 1 is 1.15 bits per heavy atom. The Morgan fingerprint density at radius 3 is 2.79 bits per heavy atom. The minimum Gasteiger partial charge on any atom is -0.493 e. The van der Waals surface area contributed by atoms with Crippen LogP contribution in [0.2, 0.25) is 0 Å². The van der Waals surface area contributed by atoms with Crippen molar-refractivity contribution in [3.63, 3.8) is 0 Å². The highest BCUT2D eigenvalue weighted by Crippen LogP contribution is 2.48. The largest absolute Gasteiger partial charge is 0.493 e. The van der Waals surface area contributed by atoms with Gasteiger partial charge in [0.05, 0.1) is 31.0 Å².